The van der Waals surface area contributed by atoms with Crippen LogP contribution in [-0.4, -0.2) is 42.1 Å². The molecule has 2 N–H and O–H groups in total. The Morgan fingerprint density at radius 3 is 3.00 bits per heavy atom. The number of aromatic amines is 1. The van der Waals surface area contributed by atoms with Crippen molar-refractivity contribution in [1.82, 2.24) is 19.8 Å². The average molecular weight is 298 g/mol. The number of piperidine rings is 1. The summed E-state index contributed by atoms with van der Waals surface area (Å²) in [6.07, 6.45) is 5.84. The second-order valence-corrected chi connectivity index (χ2v) is 7.64. The Morgan fingerprint density at radius 2 is 2.35 bits per heavy atom. The van der Waals surface area contributed by atoms with E-state index in [-0.39, 0.29) is 11.1 Å². The summed E-state index contributed by atoms with van der Waals surface area (Å²) < 4.78 is 27.2. The zero-order chi connectivity index (χ0) is 14.2. The fourth-order valence-corrected chi connectivity index (χ4v) is 5.19. The molecule has 2 atom stereocenters. The van der Waals surface area contributed by atoms with Gasteiger partial charge in [0.1, 0.15) is 0 Å². The maximum Gasteiger partial charge on any atom is 0.260 e. The van der Waals surface area contributed by atoms with Gasteiger partial charge in [0.2, 0.25) is 0 Å². The van der Waals surface area contributed by atoms with Crippen molar-refractivity contribution in [2.75, 3.05) is 13.1 Å². The summed E-state index contributed by atoms with van der Waals surface area (Å²) in [6, 6.07) is 0.199. The van der Waals surface area contributed by atoms with Crippen molar-refractivity contribution in [2.24, 2.45) is 5.92 Å². The molecule has 7 heteroatoms. The Morgan fingerprint density at radius 1 is 1.50 bits per heavy atom. The summed E-state index contributed by atoms with van der Waals surface area (Å²) in [4.78, 5) is 0. The van der Waals surface area contributed by atoms with E-state index in [1.54, 1.807) is 10.5 Å². The second kappa shape index (κ2) is 5.46. The summed E-state index contributed by atoms with van der Waals surface area (Å²) in [5.41, 5.74) is 0.737. The molecular weight excluding hydrogens is 276 g/mol. The first kappa shape index (κ1) is 14.0. The largest absolute Gasteiger partial charge is 0.313 e. The van der Waals surface area contributed by atoms with Gasteiger partial charge < -0.3 is 5.32 Å². The van der Waals surface area contributed by atoms with Crippen molar-refractivity contribution >= 4 is 10.0 Å². The first-order valence-corrected chi connectivity index (χ1v) is 8.81. The summed E-state index contributed by atoms with van der Waals surface area (Å²) in [7, 11) is -3.42. The van der Waals surface area contributed by atoms with Gasteiger partial charge in [-0.15, -0.1) is 0 Å². The molecule has 6 nitrogen and oxygen atoms in total. The Labute approximate surface area is 120 Å². The molecule has 0 radical (unpaired) electrons. The van der Waals surface area contributed by atoms with Crippen molar-refractivity contribution in [3.05, 3.63) is 11.8 Å². The third kappa shape index (κ3) is 2.38. The van der Waals surface area contributed by atoms with Crippen LogP contribution < -0.4 is 5.32 Å². The quantitative estimate of drug-likeness (QED) is 0.770. The normalized spacial score (nSPS) is 26.4. The molecule has 1 aromatic rings. The fourth-order valence-electron chi connectivity index (χ4n) is 3.34. The van der Waals surface area contributed by atoms with Gasteiger partial charge in [-0.3, -0.25) is 5.10 Å². The third-order valence-corrected chi connectivity index (χ3v) is 6.28. The number of H-pyrrole nitrogens is 1. The van der Waals surface area contributed by atoms with E-state index in [9.17, 15) is 8.42 Å². The lowest BCUT2D eigenvalue weighted by atomic mass is 10.1. The SMILES string of the molecule is CCCNCc1cn[nH]c1S(=O)(=O)N1CC2CCC1C2. The van der Waals surface area contributed by atoms with Gasteiger partial charge in [0, 0.05) is 24.7 Å². The van der Waals surface area contributed by atoms with E-state index in [1.807, 2.05) is 0 Å². The highest BCUT2D eigenvalue weighted by Gasteiger charge is 2.45. The van der Waals surface area contributed by atoms with Crippen molar-refractivity contribution in [1.29, 1.82) is 0 Å². The second-order valence-electron chi connectivity index (χ2n) is 5.81. The minimum absolute atomic E-state index is 0.199. The Hall–Kier alpha value is -0.920. The van der Waals surface area contributed by atoms with Gasteiger partial charge >= 0.3 is 0 Å². The summed E-state index contributed by atoms with van der Waals surface area (Å²) in [5.74, 6) is 0.555. The maximum atomic E-state index is 12.8. The van der Waals surface area contributed by atoms with Gasteiger partial charge in [-0.2, -0.15) is 9.40 Å². The molecule has 1 saturated carbocycles. The molecule has 1 saturated heterocycles. The van der Waals surface area contributed by atoms with Crippen LogP contribution in [0.1, 0.15) is 38.2 Å². The van der Waals surface area contributed by atoms with Crippen molar-refractivity contribution in [2.45, 2.75) is 50.2 Å². The van der Waals surface area contributed by atoms with Crippen LogP contribution in [0.3, 0.4) is 0 Å². The molecule has 2 unspecified atom stereocenters. The van der Waals surface area contributed by atoms with E-state index in [2.05, 4.69) is 22.4 Å². The van der Waals surface area contributed by atoms with Crippen LogP contribution in [-0.2, 0) is 16.6 Å². The first-order valence-electron chi connectivity index (χ1n) is 7.37. The van der Waals surface area contributed by atoms with Crippen LogP contribution in [0.4, 0.5) is 0 Å². The lowest BCUT2D eigenvalue weighted by Gasteiger charge is -2.25. The molecule has 1 aromatic heterocycles. The molecule has 0 aromatic carbocycles. The van der Waals surface area contributed by atoms with E-state index < -0.39 is 10.0 Å². The molecule has 2 bridgehead atoms. The van der Waals surface area contributed by atoms with Gasteiger partial charge in [-0.1, -0.05) is 6.92 Å². The number of nitrogens with one attached hydrogen (secondary N) is 2. The number of nitrogens with zero attached hydrogens (tertiary/aromatic N) is 2. The number of fused-ring (bicyclic) bond motifs is 2. The van der Waals surface area contributed by atoms with Crippen LogP contribution >= 0.6 is 0 Å². The molecule has 1 aliphatic heterocycles. The summed E-state index contributed by atoms with van der Waals surface area (Å²) in [6.45, 7) is 4.18. The third-order valence-electron chi connectivity index (χ3n) is 4.35. The lowest BCUT2D eigenvalue weighted by molar-refractivity contribution is 0.332. The molecule has 1 aliphatic carbocycles. The van der Waals surface area contributed by atoms with E-state index in [1.165, 1.54) is 6.42 Å². The predicted molar refractivity (Wildman–Crippen MR) is 75.6 cm³/mol. The average Bonchev–Trinajstić information content (AvgIpc) is 3.15. The monoisotopic (exact) mass is 298 g/mol. The number of sulfonamides is 1. The topological polar surface area (TPSA) is 78.1 Å². The lowest BCUT2D eigenvalue weighted by Crippen LogP contribution is -2.38. The van der Waals surface area contributed by atoms with E-state index in [4.69, 9.17) is 0 Å². The minimum Gasteiger partial charge on any atom is -0.313 e. The number of hydrogen-bond donors (Lipinski definition) is 2. The molecular formula is C13H22N4O2S. The van der Waals surface area contributed by atoms with E-state index >= 15 is 0 Å². The van der Waals surface area contributed by atoms with Gasteiger partial charge in [0.25, 0.3) is 10.0 Å². The van der Waals surface area contributed by atoms with Crippen LogP contribution in [0, 0.1) is 5.92 Å². The molecule has 2 aliphatic rings. The smallest absolute Gasteiger partial charge is 0.260 e. The Bertz CT molecular complexity index is 569. The highest BCUT2D eigenvalue weighted by molar-refractivity contribution is 7.89. The highest BCUT2D eigenvalue weighted by Crippen LogP contribution is 2.40. The molecule has 0 amide bonds. The molecule has 2 heterocycles. The van der Waals surface area contributed by atoms with Gasteiger partial charge in [-0.25, -0.2) is 8.42 Å². The number of rotatable bonds is 6. The zero-order valence-corrected chi connectivity index (χ0v) is 12.6. The van der Waals surface area contributed by atoms with Crippen LogP contribution in [0.25, 0.3) is 0 Å². The van der Waals surface area contributed by atoms with Gasteiger partial charge in [0.05, 0.1) is 6.20 Å². The molecule has 3 rings (SSSR count). The maximum absolute atomic E-state index is 12.8. The predicted octanol–water partition coefficient (Wildman–Crippen LogP) is 1.08. The molecule has 0 spiro atoms. The van der Waals surface area contributed by atoms with E-state index in [0.717, 1.165) is 31.4 Å². The van der Waals surface area contributed by atoms with Crippen molar-refractivity contribution in [3.8, 4) is 0 Å². The highest BCUT2D eigenvalue weighted by atomic mass is 32.2. The van der Waals surface area contributed by atoms with Crippen LogP contribution in [0.15, 0.2) is 11.2 Å². The van der Waals surface area contributed by atoms with Crippen molar-refractivity contribution in [3.63, 3.8) is 0 Å². The Kier molecular flexibility index (Phi) is 3.83. The van der Waals surface area contributed by atoms with Crippen LogP contribution in [0.2, 0.25) is 0 Å². The summed E-state index contributed by atoms with van der Waals surface area (Å²) in [5, 5.41) is 10.1. The fraction of sp³-hybridized carbons (Fsp3) is 0.769. The minimum atomic E-state index is -3.42. The first-order chi connectivity index (χ1) is 9.63. The van der Waals surface area contributed by atoms with Crippen LogP contribution in [0.5, 0.6) is 0 Å². The molecule has 20 heavy (non-hydrogen) atoms. The van der Waals surface area contributed by atoms with Gasteiger partial charge in [-0.05, 0) is 38.1 Å². The number of hydrogen-bond acceptors (Lipinski definition) is 4. The summed E-state index contributed by atoms with van der Waals surface area (Å²) >= 11 is 0. The molecule has 2 fully saturated rings. The Balaban J connectivity index is 1.79. The standard InChI is InChI=1S/C13H22N4O2S/c1-2-5-14-7-11-8-15-16-13(11)20(18,19)17-9-10-3-4-12(17)6-10/h8,10,12,14H,2-7,9H2,1H3,(H,15,16). The number of aromatic nitrogens is 2. The zero-order valence-electron chi connectivity index (χ0n) is 11.8. The molecule has 112 valence electrons. The van der Waals surface area contributed by atoms with E-state index in [0.29, 0.717) is 19.0 Å². The van der Waals surface area contributed by atoms with Gasteiger partial charge in [0.15, 0.2) is 5.03 Å². The van der Waals surface area contributed by atoms with Crippen molar-refractivity contribution < 1.29 is 8.42 Å².